The predicted octanol–water partition coefficient (Wildman–Crippen LogP) is 16.3. The summed E-state index contributed by atoms with van der Waals surface area (Å²) in [5.74, 6) is 0. The third kappa shape index (κ3) is 5.82. The minimum Gasteiger partial charge on any atom is -0.456 e. The molecule has 0 atom stereocenters. The van der Waals surface area contributed by atoms with Crippen LogP contribution >= 0.6 is 0 Å². The molecule has 0 saturated carbocycles. The van der Waals surface area contributed by atoms with Gasteiger partial charge in [-0.05, 0) is 105 Å². The maximum Gasteiger partial charge on any atom is 0.136 e. The second-order valence-electron chi connectivity index (χ2n) is 15.7. The third-order valence-corrected chi connectivity index (χ3v) is 12.2. The standard InChI is InChI=1S/C58H38N2O/c1-2-14-39(15-3-1)40-28-32-43(33-29-40)59(53-24-8-4-18-48(53)46-22-13-23-51-47(46)36-37-57-58(51)52-21-7-11-27-56(52)61-57)44-34-30-41(31-35-44)42-16-12-17-45(38-42)60-54-25-9-5-19-49(54)50-20-6-10-26-55(50)60/h1-38H. The van der Waals surface area contributed by atoms with Crippen LogP contribution in [0.1, 0.15) is 0 Å². The minimum absolute atomic E-state index is 0.903. The van der Waals surface area contributed by atoms with Gasteiger partial charge in [0.15, 0.2) is 0 Å². The molecule has 286 valence electrons. The van der Waals surface area contributed by atoms with E-state index in [-0.39, 0.29) is 0 Å². The fraction of sp³-hybridized carbons (Fsp3) is 0. The Hall–Kier alpha value is -8.14. The summed E-state index contributed by atoms with van der Waals surface area (Å²) >= 11 is 0. The van der Waals surface area contributed by atoms with E-state index < -0.39 is 0 Å². The number of rotatable bonds is 7. The summed E-state index contributed by atoms with van der Waals surface area (Å²) in [5.41, 5.74) is 15.6. The monoisotopic (exact) mass is 778 g/mol. The van der Waals surface area contributed by atoms with Crippen LogP contribution in [0.3, 0.4) is 0 Å². The number of aromatic nitrogens is 1. The molecule has 12 aromatic rings. The molecule has 0 fully saturated rings. The Balaban J connectivity index is 0.992. The van der Waals surface area contributed by atoms with E-state index in [1.165, 1.54) is 54.8 Å². The SMILES string of the molecule is c1ccc(-c2ccc(N(c3ccc(-c4cccc(-n5c6ccccc6c6ccccc65)c4)cc3)c3ccccc3-c3cccc4c3ccc3oc5ccccc5c34)cc2)cc1. The van der Waals surface area contributed by atoms with Crippen molar-refractivity contribution in [1.29, 1.82) is 0 Å². The number of para-hydroxylation sites is 4. The molecule has 3 heteroatoms. The highest BCUT2D eigenvalue weighted by Gasteiger charge is 2.20. The Morgan fingerprint density at radius 2 is 0.869 bits per heavy atom. The number of anilines is 3. The van der Waals surface area contributed by atoms with Gasteiger partial charge in [0, 0.05) is 44.2 Å². The smallest absolute Gasteiger partial charge is 0.136 e. The maximum absolute atomic E-state index is 6.32. The second-order valence-corrected chi connectivity index (χ2v) is 15.7. The molecule has 0 saturated heterocycles. The highest BCUT2D eigenvalue weighted by atomic mass is 16.3. The quantitative estimate of drug-likeness (QED) is 0.161. The van der Waals surface area contributed by atoms with E-state index in [1.807, 2.05) is 6.07 Å². The number of fused-ring (bicyclic) bond motifs is 8. The minimum atomic E-state index is 0.903. The summed E-state index contributed by atoms with van der Waals surface area (Å²) in [5, 5.41) is 7.18. The van der Waals surface area contributed by atoms with Crippen LogP contribution in [0.25, 0.3) is 93.6 Å². The highest BCUT2D eigenvalue weighted by molar-refractivity contribution is 6.21. The Morgan fingerprint density at radius 3 is 1.61 bits per heavy atom. The van der Waals surface area contributed by atoms with Crippen molar-refractivity contribution >= 4 is 71.6 Å². The lowest BCUT2D eigenvalue weighted by molar-refractivity contribution is 0.669. The van der Waals surface area contributed by atoms with Gasteiger partial charge in [0.05, 0.1) is 16.7 Å². The van der Waals surface area contributed by atoms with E-state index in [9.17, 15) is 0 Å². The Kier molecular flexibility index (Phi) is 8.17. The lowest BCUT2D eigenvalue weighted by atomic mass is 9.94. The predicted molar refractivity (Wildman–Crippen MR) is 257 cm³/mol. The Bertz CT molecular complexity index is 3520. The number of hydrogen-bond donors (Lipinski definition) is 0. The van der Waals surface area contributed by atoms with Crippen molar-refractivity contribution in [2.45, 2.75) is 0 Å². The molecule has 0 aliphatic heterocycles. The summed E-state index contributed by atoms with van der Waals surface area (Å²) in [7, 11) is 0. The largest absolute Gasteiger partial charge is 0.456 e. The van der Waals surface area contributed by atoms with Gasteiger partial charge in [-0.15, -0.1) is 0 Å². The lowest BCUT2D eigenvalue weighted by Crippen LogP contribution is -2.11. The first kappa shape index (κ1) is 34.9. The maximum atomic E-state index is 6.32. The van der Waals surface area contributed by atoms with Gasteiger partial charge in [-0.25, -0.2) is 0 Å². The molecule has 12 rings (SSSR count). The van der Waals surface area contributed by atoms with Gasteiger partial charge in [0.25, 0.3) is 0 Å². The Morgan fingerprint density at radius 1 is 0.328 bits per heavy atom. The van der Waals surface area contributed by atoms with Crippen molar-refractivity contribution in [2.24, 2.45) is 0 Å². The normalized spacial score (nSPS) is 11.6. The number of furan rings is 1. The van der Waals surface area contributed by atoms with E-state index in [0.29, 0.717) is 0 Å². The van der Waals surface area contributed by atoms with Crippen molar-refractivity contribution in [1.82, 2.24) is 4.57 Å². The highest BCUT2D eigenvalue weighted by Crippen LogP contribution is 2.45. The van der Waals surface area contributed by atoms with Crippen LogP contribution in [0.5, 0.6) is 0 Å². The molecule has 0 radical (unpaired) electrons. The van der Waals surface area contributed by atoms with Crippen LogP contribution in [0, 0.1) is 0 Å². The van der Waals surface area contributed by atoms with Gasteiger partial charge < -0.3 is 13.9 Å². The molecule has 10 aromatic carbocycles. The molecule has 0 aliphatic rings. The zero-order valence-corrected chi connectivity index (χ0v) is 33.2. The van der Waals surface area contributed by atoms with Crippen molar-refractivity contribution in [2.75, 3.05) is 4.90 Å². The fourth-order valence-corrected chi connectivity index (χ4v) is 9.40. The van der Waals surface area contributed by atoms with Gasteiger partial charge in [0.2, 0.25) is 0 Å². The zero-order chi connectivity index (χ0) is 40.3. The molecule has 0 aliphatic carbocycles. The number of benzene rings is 10. The summed E-state index contributed by atoms with van der Waals surface area (Å²) in [6.45, 7) is 0. The van der Waals surface area contributed by atoms with E-state index in [2.05, 4.69) is 234 Å². The van der Waals surface area contributed by atoms with E-state index in [4.69, 9.17) is 4.42 Å². The third-order valence-electron chi connectivity index (χ3n) is 12.2. The topological polar surface area (TPSA) is 21.3 Å². The molecule has 61 heavy (non-hydrogen) atoms. The molecule has 0 bridgehead atoms. The van der Waals surface area contributed by atoms with Crippen molar-refractivity contribution in [3.8, 4) is 39.1 Å². The summed E-state index contributed by atoms with van der Waals surface area (Å²) in [6, 6.07) is 82.9. The average Bonchev–Trinajstić information content (AvgIpc) is 3.89. The van der Waals surface area contributed by atoms with Crippen LogP contribution in [-0.2, 0) is 0 Å². The molecule has 2 heterocycles. The first-order valence-electron chi connectivity index (χ1n) is 20.8. The molecule has 0 spiro atoms. The Labute approximate surface area is 353 Å². The summed E-state index contributed by atoms with van der Waals surface area (Å²) in [4.78, 5) is 2.40. The first-order valence-corrected chi connectivity index (χ1v) is 20.8. The van der Waals surface area contributed by atoms with Crippen LogP contribution in [0.2, 0.25) is 0 Å². The zero-order valence-electron chi connectivity index (χ0n) is 33.2. The van der Waals surface area contributed by atoms with Gasteiger partial charge in [-0.3, -0.25) is 0 Å². The number of hydrogen-bond acceptors (Lipinski definition) is 2. The number of nitrogens with zero attached hydrogens (tertiary/aromatic N) is 2. The van der Waals surface area contributed by atoms with Crippen LogP contribution in [-0.4, -0.2) is 4.57 Å². The molecule has 0 amide bonds. The van der Waals surface area contributed by atoms with E-state index >= 15 is 0 Å². The first-order chi connectivity index (χ1) is 30.3. The molecule has 0 N–H and O–H groups in total. The second kappa shape index (κ2) is 14.3. The van der Waals surface area contributed by atoms with Crippen LogP contribution in [0.15, 0.2) is 235 Å². The van der Waals surface area contributed by atoms with E-state index in [0.717, 1.165) is 55.8 Å². The van der Waals surface area contributed by atoms with Crippen LogP contribution < -0.4 is 4.90 Å². The van der Waals surface area contributed by atoms with Crippen molar-refractivity contribution < 1.29 is 4.42 Å². The van der Waals surface area contributed by atoms with Gasteiger partial charge in [0.1, 0.15) is 11.2 Å². The average molecular weight is 779 g/mol. The van der Waals surface area contributed by atoms with Gasteiger partial charge >= 0.3 is 0 Å². The summed E-state index contributed by atoms with van der Waals surface area (Å²) < 4.78 is 8.70. The molecule has 3 nitrogen and oxygen atoms in total. The summed E-state index contributed by atoms with van der Waals surface area (Å²) in [6.07, 6.45) is 0. The molecular formula is C58H38N2O. The van der Waals surface area contributed by atoms with Crippen LogP contribution in [0.4, 0.5) is 17.1 Å². The van der Waals surface area contributed by atoms with Crippen molar-refractivity contribution in [3.63, 3.8) is 0 Å². The van der Waals surface area contributed by atoms with Gasteiger partial charge in [-0.2, -0.15) is 0 Å². The van der Waals surface area contributed by atoms with Crippen molar-refractivity contribution in [3.05, 3.63) is 231 Å². The van der Waals surface area contributed by atoms with E-state index in [1.54, 1.807) is 0 Å². The molecule has 0 unspecified atom stereocenters. The fourth-order valence-electron chi connectivity index (χ4n) is 9.40. The van der Waals surface area contributed by atoms with Gasteiger partial charge in [-0.1, -0.05) is 164 Å². The molecule has 2 aromatic heterocycles. The molecular weight excluding hydrogens is 741 g/mol. The lowest BCUT2D eigenvalue weighted by Gasteiger charge is -2.28.